The van der Waals surface area contributed by atoms with E-state index in [9.17, 15) is 9.59 Å². The summed E-state index contributed by atoms with van der Waals surface area (Å²) in [5.41, 5.74) is 1.16. The van der Waals surface area contributed by atoms with Gasteiger partial charge in [0.25, 0.3) is 0 Å². The molecule has 0 saturated carbocycles. The number of hydrogen-bond acceptors (Lipinski definition) is 5. The average molecular weight is 305 g/mol. The van der Waals surface area contributed by atoms with Crippen LogP contribution in [0.5, 0.6) is 0 Å². The molecule has 114 valence electrons. The smallest absolute Gasteiger partial charge is 0.170 e. The van der Waals surface area contributed by atoms with Crippen LogP contribution in [0.1, 0.15) is 27.1 Å². The second-order valence-corrected chi connectivity index (χ2v) is 4.55. The molecule has 23 heavy (non-hydrogen) atoms. The van der Waals surface area contributed by atoms with Gasteiger partial charge >= 0.3 is 0 Å². The third-order valence-electron chi connectivity index (χ3n) is 2.91. The van der Waals surface area contributed by atoms with E-state index >= 15 is 0 Å². The van der Waals surface area contributed by atoms with Gasteiger partial charge in [0, 0.05) is 11.1 Å². The Bertz CT molecular complexity index is 656. The fourth-order valence-corrected chi connectivity index (χ4v) is 1.80. The van der Waals surface area contributed by atoms with Crippen molar-refractivity contribution < 1.29 is 9.59 Å². The van der Waals surface area contributed by atoms with Gasteiger partial charge < -0.3 is 0 Å². The van der Waals surface area contributed by atoms with Crippen molar-refractivity contribution >= 4 is 11.6 Å². The van der Waals surface area contributed by atoms with Crippen LogP contribution < -0.4 is 0 Å². The highest BCUT2D eigenvalue weighted by atomic mass is 16.1. The molecule has 5 nitrogen and oxygen atoms in total. The number of ketones is 2. The molecule has 0 amide bonds. The van der Waals surface area contributed by atoms with Crippen molar-refractivity contribution in [2.24, 2.45) is 0 Å². The van der Waals surface area contributed by atoms with E-state index in [0.29, 0.717) is 11.1 Å². The Morgan fingerprint density at radius 2 is 0.957 bits per heavy atom. The lowest BCUT2D eigenvalue weighted by Crippen LogP contribution is -2.08. The number of rotatable bonds is 4. The van der Waals surface area contributed by atoms with Crippen molar-refractivity contribution in [1.29, 1.82) is 0 Å². The Labute approximate surface area is 134 Å². The van der Waals surface area contributed by atoms with Crippen LogP contribution in [0.3, 0.4) is 0 Å². The maximum atomic E-state index is 11.8. The van der Waals surface area contributed by atoms with E-state index in [1.165, 1.54) is 19.0 Å². The third-order valence-corrected chi connectivity index (χ3v) is 2.91. The molecule has 1 aromatic heterocycles. The molecule has 0 bridgehead atoms. The largest absolute Gasteiger partial charge is 0.294 e. The van der Waals surface area contributed by atoms with Crippen LogP contribution in [0, 0.1) is 0 Å². The summed E-state index contributed by atoms with van der Waals surface area (Å²) in [5.74, 6) is -0.279. The van der Waals surface area contributed by atoms with Crippen LogP contribution in [-0.2, 0) is 0 Å². The summed E-state index contributed by atoms with van der Waals surface area (Å²) in [6, 6.07) is 17.7. The van der Waals surface area contributed by atoms with Gasteiger partial charge in [0.1, 0.15) is 19.0 Å². The van der Waals surface area contributed by atoms with Gasteiger partial charge in [0.2, 0.25) is 0 Å². The van der Waals surface area contributed by atoms with Crippen molar-refractivity contribution in [3.63, 3.8) is 0 Å². The third kappa shape index (κ3) is 5.59. The van der Waals surface area contributed by atoms with Crippen LogP contribution in [0.2, 0.25) is 0 Å². The molecule has 0 atom stereocenters. The van der Waals surface area contributed by atoms with Gasteiger partial charge in [-0.05, 0) is 0 Å². The van der Waals surface area contributed by atoms with Crippen LogP contribution in [0.4, 0.5) is 0 Å². The van der Waals surface area contributed by atoms with Crippen LogP contribution >= 0.6 is 0 Å². The van der Waals surface area contributed by atoms with Gasteiger partial charge in [0.15, 0.2) is 11.6 Å². The Balaban J connectivity index is 0.000000268. The first-order valence-corrected chi connectivity index (χ1v) is 6.99. The Morgan fingerprint density at radius 3 is 1.26 bits per heavy atom. The molecule has 0 aliphatic carbocycles. The van der Waals surface area contributed by atoms with Crippen LogP contribution in [0.25, 0.3) is 0 Å². The van der Waals surface area contributed by atoms with E-state index in [-0.39, 0.29) is 18.0 Å². The summed E-state index contributed by atoms with van der Waals surface area (Å²) in [5, 5.41) is 0. The van der Waals surface area contributed by atoms with E-state index in [1.807, 2.05) is 12.1 Å². The number of benzene rings is 2. The lowest BCUT2D eigenvalue weighted by Gasteiger charge is -2.00. The molecular formula is C18H15N3O2. The SMILES string of the molecule is O=C(CC(=O)c1ccccc1)c1ccccc1.c1ncncn1. The number of Topliss-reactive ketones (excluding diaryl/α,β-unsaturated/α-hetero) is 2. The highest BCUT2D eigenvalue weighted by Gasteiger charge is 2.12. The number of carbonyl (C=O) groups is 2. The topological polar surface area (TPSA) is 72.8 Å². The fourth-order valence-electron chi connectivity index (χ4n) is 1.80. The van der Waals surface area contributed by atoms with Gasteiger partial charge in [0.05, 0.1) is 6.42 Å². The number of hydrogen-bond donors (Lipinski definition) is 0. The minimum atomic E-state index is -0.139. The number of aromatic nitrogens is 3. The molecule has 5 heteroatoms. The molecule has 0 fully saturated rings. The van der Waals surface area contributed by atoms with Crippen molar-refractivity contribution in [2.45, 2.75) is 6.42 Å². The molecule has 3 rings (SSSR count). The van der Waals surface area contributed by atoms with Gasteiger partial charge in [-0.3, -0.25) is 9.59 Å². The van der Waals surface area contributed by atoms with Crippen molar-refractivity contribution in [2.75, 3.05) is 0 Å². The minimum Gasteiger partial charge on any atom is -0.294 e. The van der Waals surface area contributed by atoms with Crippen LogP contribution in [0.15, 0.2) is 79.6 Å². The molecule has 0 N–H and O–H groups in total. The monoisotopic (exact) mass is 305 g/mol. The van der Waals surface area contributed by atoms with E-state index in [4.69, 9.17) is 0 Å². The van der Waals surface area contributed by atoms with E-state index in [0.717, 1.165) is 0 Å². The number of carbonyl (C=O) groups excluding carboxylic acids is 2. The minimum absolute atomic E-state index is 0.0754. The molecule has 0 aliphatic rings. The molecule has 0 radical (unpaired) electrons. The first-order chi connectivity index (χ1) is 11.3. The van der Waals surface area contributed by atoms with Crippen molar-refractivity contribution in [3.05, 3.63) is 90.8 Å². The molecule has 0 aliphatic heterocycles. The van der Waals surface area contributed by atoms with Crippen molar-refractivity contribution in [1.82, 2.24) is 15.0 Å². The molecule has 1 heterocycles. The van der Waals surface area contributed by atoms with E-state index < -0.39 is 0 Å². The summed E-state index contributed by atoms with van der Waals surface area (Å²) < 4.78 is 0. The summed E-state index contributed by atoms with van der Waals surface area (Å²) >= 11 is 0. The van der Waals surface area contributed by atoms with Gasteiger partial charge in [-0.1, -0.05) is 60.7 Å². The predicted molar refractivity (Wildman–Crippen MR) is 86.0 cm³/mol. The first-order valence-electron chi connectivity index (χ1n) is 6.99. The normalized spacial score (nSPS) is 9.39. The Morgan fingerprint density at radius 1 is 0.609 bits per heavy atom. The number of nitrogens with zero attached hydrogens (tertiary/aromatic N) is 3. The van der Waals surface area contributed by atoms with Gasteiger partial charge in [-0.2, -0.15) is 0 Å². The maximum absolute atomic E-state index is 11.8. The molecule has 0 unspecified atom stereocenters. The second-order valence-electron chi connectivity index (χ2n) is 4.55. The molecule has 0 spiro atoms. The molecule has 2 aromatic carbocycles. The van der Waals surface area contributed by atoms with E-state index in [2.05, 4.69) is 15.0 Å². The zero-order valence-electron chi connectivity index (χ0n) is 12.4. The lowest BCUT2D eigenvalue weighted by molar-refractivity contribution is 0.0894. The van der Waals surface area contributed by atoms with Gasteiger partial charge in [-0.15, -0.1) is 0 Å². The zero-order valence-corrected chi connectivity index (χ0v) is 12.4. The average Bonchev–Trinajstić information content (AvgIpc) is 2.65. The lowest BCUT2D eigenvalue weighted by atomic mass is 10.0. The highest BCUT2D eigenvalue weighted by Crippen LogP contribution is 2.08. The Hall–Kier alpha value is -3.21. The van der Waals surface area contributed by atoms with Gasteiger partial charge in [-0.25, -0.2) is 15.0 Å². The summed E-state index contributed by atoms with van der Waals surface area (Å²) in [4.78, 5) is 34.3. The maximum Gasteiger partial charge on any atom is 0.170 e. The summed E-state index contributed by atoms with van der Waals surface area (Å²) in [6.07, 6.45) is 4.24. The zero-order chi connectivity index (χ0) is 16.3. The second kappa shape index (κ2) is 8.94. The molecule has 0 saturated heterocycles. The standard InChI is InChI=1S/C15H12O2.C3H3N3/c16-14(12-7-3-1-4-8-12)11-15(17)13-9-5-2-6-10-13;1-4-2-6-3-5-1/h1-10H,11H2;1-3H. The molecule has 3 aromatic rings. The molecular weight excluding hydrogens is 290 g/mol. The highest BCUT2D eigenvalue weighted by molar-refractivity contribution is 6.13. The van der Waals surface area contributed by atoms with E-state index in [1.54, 1.807) is 48.5 Å². The Kier molecular flexibility index (Phi) is 6.28. The first kappa shape index (κ1) is 16.2. The summed E-state index contributed by atoms with van der Waals surface area (Å²) in [6.45, 7) is 0. The fraction of sp³-hybridized carbons (Fsp3) is 0.0556. The summed E-state index contributed by atoms with van der Waals surface area (Å²) in [7, 11) is 0. The quantitative estimate of drug-likeness (QED) is 0.547. The van der Waals surface area contributed by atoms with Crippen LogP contribution in [-0.4, -0.2) is 26.5 Å². The predicted octanol–water partition coefficient (Wildman–Crippen LogP) is 3.01. The van der Waals surface area contributed by atoms with Crippen molar-refractivity contribution in [3.8, 4) is 0 Å².